The Morgan fingerprint density at radius 2 is 0.703 bits per heavy atom. The number of ether oxygens (including phenoxy) is 3. The van der Waals surface area contributed by atoms with Gasteiger partial charge in [0.1, 0.15) is 6.61 Å². The van der Waals surface area contributed by atoms with Crippen LogP contribution in [0, 0.1) is 0 Å². The Labute approximate surface area is 398 Å². The van der Waals surface area contributed by atoms with Crippen LogP contribution in [0.15, 0.2) is 60.8 Å². The number of rotatable bonds is 51. The summed E-state index contributed by atoms with van der Waals surface area (Å²) in [6.45, 7) is 7.70. The minimum absolute atomic E-state index is 0.0683. The van der Waals surface area contributed by atoms with Gasteiger partial charge in [-0.1, -0.05) is 242 Å². The molecule has 5 nitrogen and oxygen atoms in total. The SMILES string of the molecule is CC/C=C\C/C=C\C/C=C\C/C=C\CCCCC(=O)OC(COCCCCCCCCCCCCCCCCCC)COC(=O)CCCCCCCCC/C=C\CCCCCCCC. The minimum Gasteiger partial charge on any atom is -0.462 e. The van der Waals surface area contributed by atoms with E-state index in [0.717, 1.165) is 77.0 Å². The zero-order valence-corrected chi connectivity index (χ0v) is 42.8. The third kappa shape index (κ3) is 52.2. The summed E-state index contributed by atoms with van der Waals surface area (Å²) in [6.07, 6.45) is 69.5. The van der Waals surface area contributed by atoms with Gasteiger partial charge in [0.2, 0.25) is 0 Å². The van der Waals surface area contributed by atoms with Gasteiger partial charge < -0.3 is 14.2 Å². The number of esters is 2. The minimum atomic E-state index is -0.558. The van der Waals surface area contributed by atoms with Crippen LogP contribution in [0.3, 0.4) is 0 Å². The predicted octanol–water partition coefficient (Wildman–Crippen LogP) is 18.9. The monoisotopic (exact) mass is 895 g/mol. The standard InChI is InChI=1S/C59H106O5/c1-4-7-10-13-16-19-22-25-28-30-32-34-37-40-43-46-49-52-58(60)63-56-57(55-62-54-51-48-45-42-39-36-33-29-26-23-20-17-14-11-8-5-2)64-59(61)53-50-47-44-41-38-35-31-27-24-21-18-15-12-9-6-3/h9,12,18,21,25,27-28,31,38,41,57H,4-8,10-11,13-17,19-20,22-24,26,29-30,32-37,39-40,42-56H2,1-3H3/b12-9-,21-18-,28-25-,31-27-,41-38-. The molecule has 0 aromatic rings. The van der Waals surface area contributed by atoms with Crippen LogP contribution in [0.5, 0.6) is 0 Å². The van der Waals surface area contributed by atoms with E-state index in [4.69, 9.17) is 14.2 Å². The Hall–Kier alpha value is -2.40. The second kappa shape index (κ2) is 54.9. The molecule has 0 fully saturated rings. The molecule has 0 rings (SSSR count). The maximum absolute atomic E-state index is 12.8. The highest BCUT2D eigenvalue weighted by Gasteiger charge is 2.17. The summed E-state index contributed by atoms with van der Waals surface area (Å²) in [5.74, 6) is -0.439. The Morgan fingerprint density at radius 1 is 0.359 bits per heavy atom. The first-order valence-electron chi connectivity index (χ1n) is 27.8. The molecule has 0 aromatic heterocycles. The molecule has 0 aliphatic heterocycles. The Bertz CT molecular complexity index is 1100. The molecule has 0 heterocycles. The molecule has 0 bridgehead atoms. The van der Waals surface area contributed by atoms with E-state index >= 15 is 0 Å². The smallest absolute Gasteiger partial charge is 0.306 e. The lowest BCUT2D eigenvalue weighted by Crippen LogP contribution is -2.30. The second-order valence-electron chi connectivity index (χ2n) is 18.5. The topological polar surface area (TPSA) is 61.8 Å². The zero-order chi connectivity index (χ0) is 46.3. The van der Waals surface area contributed by atoms with E-state index < -0.39 is 6.10 Å². The molecular formula is C59H106O5. The average molecular weight is 895 g/mol. The van der Waals surface area contributed by atoms with Gasteiger partial charge in [0, 0.05) is 19.4 Å². The predicted molar refractivity (Wildman–Crippen MR) is 279 cm³/mol. The van der Waals surface area contributed by atoms with E-state index in [1.165, 1.54) is 167 Å². The van der Waals surface area contributed by atoms with E-state index in [-0.39, 0.29) is 25.2 Å². The van der Waals surface area contributed by atoms with Gasteiger partial charge in [-0.3, -0.25) is 9.59 Å². The summed E-state index contributed by atoms with van der Waals surface area (Å²) in [6, 6.07) is 0. The first-order valence-corrected chi connectivity index (χ1v) is 27.8. The fourth-order valence-corrected chi connectivity index (χ4v) is 7.91. The first kappa shape index (κ1) is 61.6. The highest BCUT2D eigenvalue weighted by molar-refractivity contribution is 5.70. The number of allylic oxidation sites excluding steroid dienone is 10. The quantitative estimate of drug-likeness (QED) is 0.0346. The van der Waals surface area contributed by atoms with Crippen LogP contribution in [0.25, 0.3) is 0 Å². The summed E-state index contributed by atoms with van der Waals surface area (Å²) < 4.78 is 17.4. The molecule has 0 aliphatic rings. The van der Waals surface area contributed by atoms with Gasteiger partial charge in [-0.05, 0) is 83.5 Å². The first-order chi connectivity index (χ1) is 31.6. The fraction of sp³-hybridized carbons (Fsp3) is 0.797. The second-order valence-corrected chi connectivity index (χ2v) is 18.5. The molecule has 0 amide bonds. The van der Waals surface area contributed by atoms with Crippen molar-refractivity contribution < 1.29 is 23.8 Å². The molecule has 1 atom stereocenters. The summed E-state index contributed by atoms with van der Waals surface area (Å²) in [5.41, 5.74) is 0. The van der Waals surface area contributed by atoms with Crippen molar-refractivity contribution in [1.29, 1.82) is 0 Å². The van der Waals surface area contributed by atoms with Crippen molar-refractivity contribution in [3.05, 3.63) is 60.8 Å². The molecular weight excluding hydrogens is 789 g/mol. The molecule has 64 heavy (non-hydrogen) atoms. The van der Waals surface area contributed by atoms with Crippen LogP contribution < -0.4 is 0 Å². The van der Waals surface area contributed by atoms with E-state index in [2.05, 4.69) is 81.5 Å². The van der Waals surface area contributed by atoms with E-state index in [1.54, 1.807) is 0 Å². The molecule has 0 aliphatic carbocycles. The van der Waals surface area contributed by atoms with Crippen molar-refractivity contribution in [1.82, 2.24) is 0 Å². The maximum Gasteiger partial charge on any atom is 0.306 e. The molecule has 0 aromatic carbocycles. The normalized spacial score (nSPS) is 12.6. The maximum atomic E-state index is 12.8. The van der Waals surface area contributed by atoms with Crippen molar-refractivity contribution in [2.24, 2.45) is 0 Å². The fourth-order valence-electron chi connectivity index (χ4n) is 7.91. The third-order valence-electron chi connectivity index (χ3n) is 12.0. The lowest BCUT2D eigenvalue weighted by molar-refractivity contribution is -0.163. The van der Waals surface area contributed by atoms with Crippen LogP contribution in [0.4, 0.5) is 0 Å². The number of hydrogen-bond donors (Lipinski definition) is 0. The average Bonchev–Trinajstić information content (AvgIpc) is 3.30. The summed E-state index contributed by atoms with van der Waals surface area (Å²) in [7, 11) is 0. The third-order valence-corrected chi connectivity index (χ3v) is 12.0. The van der Waals surface area contributed by atoms with Crippen molar-refractivity contribution in [3.8, 4) is 0 Å². The van der Waals surface area contributed by atoms with Gasteiger partial charge in [0.15, 0.2) is 6.10 Å². The molecule has 0 radical (unpaired) electrons. The van der Waals surface area contributed by atoms with Crippen LogP contribution in [-0.2, 0) is 23.8 Å². The molecule has 1 unspecified atom stereocenters. The Balaban J connectivity index is 4.31. The summed E-state index contributed by atoms with van der Waals surface area (Å²) >= 11 is 0. The number of carbonyl (C=O) groups is 2. The lowest BCUT2D eigenvalue weighted by Gasteiger charge is -2.18. The van der Waals surface area contributed by atoms with Crippen molar-refractivity contribution in [2.45, 2.75) is 284 Å². The molecule has 0 spiro atoms. The van der Waals surface area contributed by atoms with Crippen LogP contribution in [0.1, 0.15) is 278 Å². The highest BCUT2D eigenvalue weighted by Crippen LogP contribution is 2.15. The van der Waals surface area contributed by atoms with E-state index in [0.29, 0.717) is 19.4 Å². The zero-order valence-electron chi connectivity index (χ0n) is 42.8. The molecule has 0 saturated carbocycles. The van der Waals surface area contributed by atoms with Gasteiger partial charge in [-0.2, -0.15) is 0 Å². The number of unbranched alkanes of at least 4 members (excludes halogenated alkanes) is 30. The number of hydrogen-bond acceptors (Lipinski definition) is 5. The van der Waals surface area contributed by atoms with Gasteiger partial charge in [-0.15, -0.1) is 0 Å². The summed E-state index contributed by atoms with van der Waals surface area (Å²) in [4.78, 5) is 25.5. The van der Waals surface area contributed by atoms with Crippen molar-refractivity contribution >= 4 is 11.9 Å². The van der Waals surface area contributed by atoms with Gasteiger partial charge >= 0.3 is 11.9 Å². The van der Waals surface area contributed by atoms with Crippen LogP contribution in [-0.4, -0.2) is 37.9 Å². The van der Waals surface area contributed by atoms with Crippen LogP contribution >= 0.6 is 0 Å². The van der Waals surface area contributed by atoms with Gasteiger partial charge in [-0.25, -0.2) is 0 Å². The molecule has 5 heteroatoms. The van der Waals surface area contributed by atoms with E-state index in [9.17, 15) is 9.59 Å². The van der Waals surface area contributed by atoms with Crippen LogP contribution in [0.2, 0.25) is 0 Å². The highest BCUT2D eigenvalue weighted by atomic mass is 16.6. The molecule has 0 N–H and O–H groups in total. The Morgan fingerprint density at radius 3 is 1.17 bits per heavy atom. The van der Waals surface area contributed by atoms with Gasteiger partial charge in [0.25, 0.3) is 0 Å². The number of carbonyl (C=O) groups excluding carboxylic acids is 2. The van der Waals surface area contributed by atoms with Crippen molar-refractivity contribution in [2.75, 3.05) is 19.8 Å². The Kier molecular flexibility index (Phi) is 52.9. The summed E-state index contributed by atoms with van der Waals surface area (Å²) in [5, 5.41) is 0. The molecule has 0 saturated heterocycles. The van der Waals surface area contributed by atoms with Gasteiger partial charge in [0.05, 0.1) is 6.61 Å². The van der Waals surface area contributed by atoms with Crippen molar-refractivity contribution in [3.63, 3.8) is 0 Å². The molecule has 372 valence electrons. The van der Waals surface area contributed by atoms with E-state index in [1.807, 2.05) is 0 Å². The lowest BCUT2D eigenvalue weighted by atomic mass is 10.0. The largest absolute Gasteiger partial charge is 0.462 e.